The van der Waals surface area contributed by atoms with Crippen molar-refractivity contribution in [2.45, 2.75) is 42.9 Å². The van der Waals surface area contributed by atoms with Gasteiger partial charge in [0.05, 0.1) is 15.8 Å². The van der Waals surface area contributed by atoms with Crippen LogP contribution >= 0.6 is 0 Å². The molecular weight excluding hydrogens is 412 g/mol. The normalized spacial score (nSPS) is 17.6. The zero-order chi connectivity index (χ0) is 21.6. The zero-order valence-electron chi connectivity index (χ0n) is 17.3. The van der Waals surface area contributed by atoms with Crippen LogP contribution in [0.25, 0.3) is 10.9 Å². The largest absolute Gasteiger partial charge is 0.356 e. The van der Waals surface area contributed by atoms with Crippen molar-refractivity contribution in [2.24, 2.45) is 0 Å². The molecule has 1 saturated carbocycles. The summed E-state index contributed by atoms with van der Waals surface area (Å²) in [6.07, 6.45) is 6.83. The van der Waals surface area contributed by atoms with Crippen molar-refractivity contribution in [3.63, 3.8) is 0 Å². The maximum atomic E-state index is 13.4. The molecule has 2 aliphatic rings. The quantitative estimate of drug-likeness (QED) is 0.661. The van der Waals surface area contributed by atoms with E-state index in [2.05, 4.69) is 19.6 Å². The van der Waals surface area contributed by atoms with Gasteiger partial charge < -0.3 is 4.90 Å². The Hall–Kier alpha value is -3.00. The number of fused-ring (bicyclic) bond motifs is 1. The van der Waals surface area contributed by atoms with Crippen molar-refractivity contribution >= 4 is 32.7 Å². The van der Waals surface area contributed by atoms with Crippen LogP contribution in [0.4, 0.5) is 5.82 Å². The molecule has 1 aromatic carbocycles. The van der Waals surface area contributed by atoms with Gasteiger partial charge in [-0.05, 0) is 68.5 Å². The second kappa shape index (κ2) is 7.30. The third kappa shape index (κ3) is 3.44. The van der Waals surface area contributed by atoms with E-state index in [0.29, 0.717) is 23.7 Å². The molecule has 0 unspecified atom stereocenters. The Morgan fingerprint density at radius 3 is 2.61 bits per heavy atom. The van der Waals surface area contributed by atoms with Gasteiger partial charge in [0.15, 0.2) is 0 Å². The van der Waals surface area contributed by atoms with Crippen LogP contribution in [0.3, 0.4) is 0 Å². The van der Waals surface area contributed by atoms with E-state index >= 15 is 0 Å². The topological polar surface area (TPSA) is 92.3 Å². The number of sulfonamides is 1. The Balaban J connectivity index is 1.50. The van der Waals surface area contributed by atoms with Crippen LogP contribution in [0.2, 0.25) is 0 Å². The summed E-state index contributed by atoms with van der Waals surface area (Å²) in [5.41, 5.74) is 1.51. The molecule has 1 aliphatic carbocycles. The minimum atomic E-state index is -4.05. The van der Waals surface area contributed by atoms with Gasteiger partial charge in [-0.1, -0.05) is 6.07 Å². The number of carbonyl (C=O) groups is 1. The molecule has 160 valence electrons. The Kier molecular flexibility index (Phi) is 4.69. The predicted molar refractivity (Wildman–Crippen MR) is 118 cm³/mol. The summed E-state index contributed by atoms with van der Waals surface area (Å²) in [4.78, 5) is 24.5. The minimum Gasteiger partial charge on any atom is -0.356 e. The fourth-order valence-electron chi connectivity index (χ4n) is 4.42. The molecule has 8 heteroatoms. The van der Waals surface area contributed by atoms with Crippen molar-refractivity contribution in [1.82, 2.24) is 14.7 Å². The molecule has 1 saturated heterocycles. The number of aromatic nitrogens is 2. The molecule has 1 N–H and O–H groups in total. The number of rotatable bonds is 5. The number of hydrogen-bond donors (Lipinski definition) is 1. The molecule has 7 nitrogen and oxygen atoms in total. The summed E-state index contributed by atoms with van der Waals surface area (Å²) in [5, 5.41) is 0.491. The maximum Gasteiger partial charge on any atom is 0.264 e. The van der Waals surface area contributed by atoms with Gasteiger partial charge in [0.2, 0.25) is 5.91 Å². The van der Waals surface area contributed by atoms with Crippen LogP contribution in [0.15, 0.2) is 53.7 Å². The Labute approximate surface area is 181 Å². The summed E-state index contributed by atoms with van der Waals surface area (Å²) in [7, 11) is -4.05. The minimum absolute atomic E-state index is 0.0596. The van der Waals surface area contributed by atoms with Gasteiger partial charge in [-0.25, -0.2) is 18.1 Å². The molecule has 5 rings (SSSR count). The summed E-state index contributed by atoms with van der Waals surface area (Å²) in [5.74, 6) is 0.323. The first-order valence-corrected chi connectivity index (χ1v) is 12.0. The second-order valence-corrected chi connectivity index (χ2v) is 10.1. The highest BCUT2D eigenvalue weighted by molar-refractivity contribution is 7.90. The number of aryl methyl sites for hydroxylation is 1. The van der Waals surface area contributed by atoms with E-state index < -0.39 is 21.3 Å². The molecule has 3 aromatic rings. The van der Waals surface area contributed by atoms with Crippen molar-refractivity contribution < 1.29 is 13.2 Å². The van der Waals surface area contributed by atoms with E-state index in [9.17, 15) is 13.2 Å². The molecule has 0 bridgehead atoms. The van der Waals surface area contributed by atoms with E-state index in [1.54, 1.807) is 30.5 Å². The number of carbonyl (C=O) groups excluding carboxylic acids is 1. The molecule has 2 fully saturated rings. The van der Waals surface area contributed by atoms with Crippen LogP contribution in [0.1, 0.15) is 36.8 Å². The lowest BCUT2D eigenvalue weighted by atomic mass is 9.94. The maximum absolute atomic E-state index is 13.4. The summed E-state index contributed by atoms with van der Waals surface area (Å²) in [6.45, 7) is 3.75. The van der Waals surface area contributed by atoms with Gasteiger partial charge >= 0.3 is 0 Å². The van der Waals surface area contributed by atoms with Crippen LogP contribution in [-0.4, -0.2) is 37.4 Å². The average Bonchev–Trinajstić information content (AvgIpc) is 3.40. The molecule has 3 heterocycles. The first-order chi connectivity index (χ1) is 14.9. The van der Waals surface area contributed by atoms with Gasteiger partial charge in [0.1, 0.15) is 5.82 Å². The number of pyridine rings is 2. The fraction of sp³-hybridized carbons (Fsp3) is 0.348. The van der Waals surface area contributed by atoms with E-state index in [-0.39, 0.29) is 4.90 Å². The molecule has 1 amide bonds. The van der Waals surface area contributed by atoms with Gasteiger partial charge in [0, 0.05) is 36.4 Å². The molecule has 31 heavy (non-hydrogen) atoms. The molecule has 2 aromatic heterocycles. The van der Waals surface area contributed by atoms with Gasteiger partial charge in [-0.2, -0.15) is 0 Å². The summed E-state index contributed by atoms with van der Waals surface area (Å²) >= 11 is 0. The second-order valence-electron chi connectivity index (χ2n) is 8.42. The summed E-state index contributed by atoms with van der Waals surface area (Å²) in [6, 6.07) is 10.3. The van der Waals surface area contributed by atoms with E-state index in [4.69, 9.17) is 0 Å². The molecular formula is C23H24N4O3S. The van der Waals surface area contributed by atoms with E-state index in [0.717, 1.165) is 42.9 Å². The van der Waals surface area contributed by atoms with Crippen LogP contribution in [0, 0.1) is 6.92 Å². The first kappa shape index (κ1) is 19.9. The van der Waals surface area contributed by atoms with Crippen molar-refractivity contribution in [2.75, 3.05) is 18.0 Å². The number of benzene rings is 1. The SMILES string of the molecule is Cc1cnc(N2CCCC2)c(C2(C(=O)NS(=O)(=O)c3cccc4ncccc34)CC2)c1. The average molecular weight is 437 g/mol. The number of nitrogens with zero attached hydrogens (tertiary/aromatic N) is 3. The van der Waals surface area contributed by atoms with Crippen molar-refractivity contribution in [3.8, 4) is 0 Å². The summed E-state index contributed by atoms with van der Waals surface area (Å²) < 4.78 is 28.7. The fourth-order valence-corrected chi connectivity index (χ4v) is 5.69. The smallest absolute Gasteiger partial charge is 0.264 e. The first-order valence-electron chi connectivity index (χ1n) is 10.5. The third-order valence-corrected chi connectivity index (χ3v) is 7.62. The van der Waals surface area contributed by atoms with E-state index in [1.165, 1.54) is 6.07 Å². The number of amides is 1. The highest BCUT2D eigenvalue weighted by Gasteiger charge is 2.54. The molecule has 0 atom stereocenters. The Bertz CT molecular complexity index is 1270. The monoisotopic (exact) mass is 436 g/mol. The standard InChI is InChI=1S/C23H24N4O3S/c1-16-14-18(21(25-15-16)27-12-2-3-13-27)23(9-10-23)22(28)26-31(29,30)20-8-4-7-19-17(20)6-5-11-24-19/h4-8,11,14-15H,2-3,9-10,12-13H2,1H3,(H,26,28). The van der Waals surface area contributed by atoms with Gasteiger partial charge in [0.25, 0.3) is 10.0 Å². The Morgan fingerprint density at radius 2 is 1.87 bits per heavy atom. The number of hydrogen-bond acceptors (Lipinski definition) is 6. The van der Waals surface area contributed by atoms with Crippen molar-refractivity contribution in [3.05, 3.63) is 59.9 Å². The molecule has 1 aliphatic heterocycles. The highest BCUT2D eigenvalue weighted by Crippen LogP contribution is 2.51. The van der Waals surface area contributed by atoms with Gasteiger partial charge in [-0.3, -0.25) is 9.78 Å². The lowest BCUT2D eigenvalue weighted by Gasteiger charge is -2.25. The number of nitrogens with one attached hydrogen (secondary N) is 1. The van der Waals surface area contributed by atoms with Crippen molar-refractivity contribution in [1.29, 1.82) is 0 Å². The lowest BCUT2D eigenvalue weighted by Crippen LogP contribution is -2.40. The van der Waals surface area contributed by atoms with Gasteiger partial charge in [-0.15, -0.1) is 0 Å². The van der Waals surface area contributed by atoms with Crippen LogP contribution in [-0.2, 0) is 20.2 Å². The zero-order valence-corrected chi connectivity index (χ0v) is 18.2. The lowest BCUT2D eigenvalue weighted by molar-refractivity contribution is -0.121. The highest BCUT2D eigenvalue weighted by atomic mass is 32.2. The number of anilines is 1. The third-order valence-electron chi connectivity index (χ3n) is 6.23. The molecule has 0 radical (unpaired) electrons. The predicted octanol–water partition coefficient (Wildman–Crippen LogP) is 3.08. The molecule has 0 spiro atoms. The Morgan fingerprint density at radius 1 is 1.10 bits per heavy atom. The van der Waals surface area contributed by atoms with Crippen LogP contribution in [0.5, 0.6) is 0 Å². The van der Waals surface area contributed by atoms with Crippen LogP contribution < -0.4 is 9.62 Å². The van der Waals surface area contributed by atoms with E-state index in [1.807, 2.05) is 19.2 Å².